The van der Waals surface area contributed by atoms with Crippen LogP contribution < -0.4 is 14.8 Å². The highest BCUT2D eigenvalue weighted by molar-refractivity contribution is 6.31. The zero-order chi connectivity index (χ0) is 17.0. The second kappa shape index (κ2) is 6.97. The summed E-state index contributed by atoms with van der Waals surface area (Å²) in [5, 5.41) is 13.8. The van der Waals surface area contributed by atoms with Gasteiger partial charge in [0.2, 0.25) is 0 Å². The van der Waals surface area contributed by atoms with Gasteiger partial charge in [-0.25, -0.2) is 0 Å². The van der Waals surface area contributed by atoms with Crippen molar-refractivity contribution in [3.05, 3.63) is 57.1 Å². The molecular formula is C15H13ClN2O5. The molecule has 2 rings (SSSR count). The van der Waals surface area contributed by atoms with Crippen molar-refractivity contribution in [1.82, 2.24) is 0 Å². The van der Waals surface area contributed by atoms with E-state index >= 15 is 0 Å². The summed E-state index contributed by atoms with van der Waals surface area (Å²) in [6, 6.07) is 8.50. The number of rotatable bonds is 5. The Hall–Kier alpha value is -2.80. The molecule has 2 aromatic carbocycles. The van der Waals surface area contributed by atoms with Gasteiger partial charge in [-0.15, -0.1) is 0 Å². The van der Waals surface area contributed by atoms with E-state index < -0.39 is 10.8 Å². The predicted molar refractivity (Wildman–Crippen MR) is 85.6 cm³/mol. The number of nitro groups is 1. The molecule has 0 aliphatic heterocycles. The fraction of sp³-hybridized carbons (Fsp3) is 0.133. The highest BCUT2D eigenvalue weighted by Crippen LogP contribution is 2.30. The van der Waals surface area contributed by atoms with E-state index in [0.717, 1.165) is 0 Å². The number of nitrogens with one attached hydrogen (secondary N) is 1. The first-order valence-corrected chi connectivity index (χ1v) is 6.81. The monoisotopic (exact) mass is 336 g/mol. The summed E-state index contributed by atoms with van der Waals surface area (Å²) in [4.78, 5) is 22.7. The Balaban J connectivity index is 2.38. The van der Waals surface area contributed by atoms with Crippen LogP contribution in [0.25, 0.3) is 0 Å². The lowest BCUT2D eigenvalue weighted by Gasteiger charge is -2.12. The molecule has 0 radical (unpaired) electrons. The normalized spacial score (nSPS) is 10.0. The van der Waals surface area contributed by atoms with Crippen LogP contribution in [0, 0.1) is 10.1 Å². The number of benzene rings is 2. The fourth-order valence-electron chi connectivity index (χ4n) is 1.95. The molecular weight excluding hydrogens is 324 g/mol. The maximum absolute atomic E-state index is 12.4. The molecule has 120 valence electrons. The van der Waals surface area contributed by atoms with Gasteiger partial charge in [-0.05, 0) is 24.3 Å². The summed E-state index contributed by atoms with van der Waals surface area (Å²) in [5.74, 6) is 0.101. The average Bonchev–Trinajstić information content (AvgIpc) is 2.54. The number of ether oxygens (including phenoxy) is 2. The van der Waals surface area contributed by atoms with Crippen LogP contribution in [0.3, 0.4) is 0 Å². The van der Waals surface area contributed by atoms with E-state index in [9.17, 15) is 14.9 Å². The van der Waals surface area contributed by atoms with Crippen LogP contribution in [0.2, 0.25) is 5.02 Å². The Morgan fingerprint density at radius 2 is 1.78 bits per heavy atom. The Kier molecular flexibility index (Phi) is 5.02. The van der Waals surface area contributed by atoms with Crippen molar-refractivity contribution in [3.63, 3.8) is 0 Å². The van der Waals surface area contributed by atoms with E-state index in [0.29, 0.717) is 16.5 Å². The van der Waals surface area contributed by atoms with Crippen LogP contribution in [0.5, 0.6) is 11.5 Å². The van der Waals surface area contributed by atoms with Gasteiger partial charge in [-0.2, -0.15) is 0 Å². The molecule has 0 saturated heterocycles. The molecule has 0 unspecified atom stereocenters. The third-order valence-corrected chi connectivity index (χ3v) is 3.28. The SMILES string of the molecule is COc1ccc([N+](=O)[O-])cc1NC(=O)c1cc(Cl)ccc1OC. The van der Waals surface area contributed by atoms with Crippen molar-refractivity contribution in [2.75, 3.05) is 19.5 Å². The molecule has 0 heterocycles. The second-order valence-corrected chi connectivity index (χ2v) is 4.88. The summed E-state index contributed by atoms with van der Waals surface area (Å²) in [6.07, 6.45) is 0. The third kappa shape index (κ3) is 3.70. The van der Waals surface area contributed by atoms with Gasteiger partial charge in [0, 0.05) is 17.2 Å². The third-order valence-electron chi connectivity index (χ3n) is 3.05. The minimum atomic E-state index is -0.560. The quantitative estimate of drug-likeness (QED) is 0.666. The van der Waals surface area contributed by atoms with Crippen LogP contribution in [0.15, 0.2) is 36.4 Å². The number of nitrogens with zero attached hydrogens (tertiary/aromatic N) is 1. The van der Waals surface area contributed by atoms with Crippen LogP contribution in [0.1, 0.15) is 10.4 Å². The van der Waals surface area contributed by atoms with Crippen LogP contribution in [0.4, 0.5) is 11.4 Å². The maximum Gasteiger partial charge on any atom is 0.271 e. The van der Waals surface area contributed by atoms with E-state index in [-0.39, 0.29) is 16.9 Å². The van der Waals surface area contributed by atoms with Crippen LogP contribution >= 0.6 is 11.6 Å². The molecule has 0 atom stereocenters. The first kappa shape index (κ1) is 16.6. The number of amides is 1. The van der Waals surface area contributed by atoms with E-state index in [1.807, 2.05) is 0 Å². The van der Waals surface area contributed by atoms with E-state index in [1.54, 1.807) is 12.1 Å². The number of halogens is 1. The number of carbonyl (C=O) groups is 1. The van der Waals surface area contributed by atoms with Crippen molar-refractivity contribution in [2.24, 2.45) is 0 Å². The molecule has 0 aliphatic carbocycles. The van der Waals surface area contributed by atoms with Gasteiger partial charge in [-0.3, -0.25) is 14.9 Å². The van der Waals surface area contributed by atoms with E-state index in [2.05, 4.69) is 5.32 Å². The maximum atomic E-state index is 12.4. The molecule has 1 N–H and O–H groups in total. The molecule has 23 heavy (non-hydrogen) atoms. The van der Waals surface area contributed by atoms with Gasteiger partial charge in [-0.1, -0.05) is 11.6 Å². The van der Waals surface area contributed by atoms with Gasteiger partial charge < -0.3 is 14.8 Å². The Morgan fingerprint density at radius 3 is 2.39 bits per heavy atom. The lowest BCUT2D eigenvalue weighted by Crippen LogP contribution is -2.14. The van der Waals surface area contributed by atoms with Crippen LogP contribution in [-0.2, 0) is 0 Å². The average molecular weight is 337 g/mol. The molecule has 0 spiro atoms. The van der Waals surface area contributed by atoms with Crippen molar-refractivity contribution in [2.45, 2.75) is 0 Å². The molecule has 1 amide bonds. The topological polar surface area (TPSA) is 90.7 Å². The number of non-ortho nitro benzene ring substituents is 1. The number of hydrogen-bond donors (Lipinski definition) is 1. The summed E-state index contributed by atoms with van der Waals surface area (Å²) < 4.78 is 10.2. The van der Waals surface area contributed by atoms with Gasteiger partial charge >= 0.3 is 0 Å². The zero-order valence-corrected chi connectivity index (χ0v) is 13.1. The molecule has 0 aromatic heterocycles. The lowest BCUT2D eigenvalue weighted by atomic mass is 10.1. The number of methoxy groups -OCH3 is 2. The number of anilines is 1. The van der Waals surface area contributed by atoms with E-state index in [1.165, 1.54) is 38.5 Å². The van der Waals surface area contributed by atoms with E-state index in [4.69, 9.17) is 21.1 Å². The number of carbonyl (C=O) groups excluding carboxylic acids is 1. The Bertz CT molecular complexity index is 764. The fourth-order valence-corrected chi connectivity index (χ4v) is 2.13. The molecule has 7 nitrogen and oxygen atoms in total. The van der Waals surface area contributed by atoms with Crippen molar-refractivity contribution in [1.29, 1.82) is 0 Å². The zero-order valence-electron chi connectivity index (χ0n) is 12.3. The minimum Gasteiger partial charge on any atom is -0.496 e. The summed E-state index contributed by atoms with van der Waals surface area (Å²) >= 11 is 5.90. The van der Waals surface area contributed by atoms with Crippen LogP contribution in [-0.4, -0.2) is 25.1 Å². The summed E-state index contributed by atoms with van der Waals surface area (Å²) in [7, 11) is 2.82. The minimum absolute atomic E-state index is 0.167. The molecule has 8 heteroatoms. The van der Waals surface area contributed by atoms with Gasteiger partial charge in [0.1, 0.15) is 11.5 Å². The summed E-state index contributed by atoms with van der Waals surface area (Å²) in [6.45, 7) is 0. The Morgan fingerprint density at radius 1 is 1.13 bits per heavy atom. The standard InChI is InChI=1S/C15H13ClN2O5/c1-22-13-5-3-9(16)7-11(13)15(19)17-12-8-10(18(20)21)4-6-14(12)23-2/h3-8H,1-2H3,(H,17,19). The second-order valence-electron chi connectivity index (χ2n) is 4.44. The van der Waals surface area contributed by atoms with Crippen molar-refractivity contribution in [3.8, 4) is 11.5 Å². The molecule has 0 bridgehead atoms. The molecule has 2 aromatic rings. The smallest absolute Gasteiger partial charge is 0.271 e. The highest BCUT2D eigenvalue weighted by atomic mass is 35.5. The molecule has 0 fully saturated rings. The lowest BCUT2D eigenvalue weighted by molar-refractivity contribution is -0.384. The molecule has 0 saturated carbocycles. The van der Waals surface area contributed by atoms with Crippen molar-refractivity contribution >= 4 is 28.9 Å². The molecule has 0 aliphatic rings. The highest BCUT2D eigenvalue weighted by Gasteiger charge is 2.17. The largest absolute Gasteiger partial charge is 0.496 e. The summed E-state index contributed by atoms with van der Waals surface area (Å²) in [5.41, 5.74) is 0.210. The number of nitro benzene ring substituents is 1. The van der Waals surface area contributed by atoms with Gasteiger partial charge in [0.25, 0.3) is 11.6 Å². The van der Waals surface area contributed by atoms with Crippen molar-refractivity contribution < 1.29 is 19.2 Å². The predicted octanol–water partition coefficient (Wildman–Crippen LogP) is 3.52. The first-order valence-electron chi connectivity index (χ1n) is 6.43. The number of hydrogen-bond acceptors (Lipinski definition) is 5. The van der Waals surface area contributed by atoms with Gasteiger partial charge in [0.05, 0.1) is 30.4 Å². The van der Waals surface area contributed by atoms with Gasteiger partial charge in [0.15, 0.2) is 0 Å². The Labute approximate surface area is 136 Å². The first-order chi connectivity index (χ1) is 11.0.